The first-order valence-corrected chi connectivity index (χ1v) is 6.75. The number of hydrogen-bond acceptors (Lipinski definition) is 6. The zero-order chi connectivity index (χ0) is 12.4. The van der Waals surface area contributed by atoms with Gasteiger partial charge in [0.1, 0.15) is 16.9 Å². The van der Waals surface area contributed by atoms with Gasteiger partial charge < -0.3 is 9.64 Å². The summed E-state index contributed by atoms with van der Waals surface area (Å²) in [6.07, 6.45) is 5.23. The first-order valence-electron chi connectivity index (χ1n) is 5.87. The number of aryl methyl sites for hydroxylation is 1. The van der Waals surface area contributed by atoms with Gasteiger partial charge in [-0.05, 0) is 6.92 Å². The average Bonchev–Trinajstić information content (AvgIpc) is 2.87. The molecule has 1 aliphatic rings. The van der Waals surface area contributed by atoms with Gasteiger partial charge in [0.2, 0.25) is 0 Å². The van der Waals surface area contributed by atoms with E-state index in [4.69, 9.17) is 4.74 Å². The van der Waals surface area contributed by atoms with E-state index in [0.717, 1.165) is 29.6 Å². The van der Waals surface area contributed by atoms with Crippen LogP contribution in [0.5, 0.6) is 0 Å². The molecule has 94 valence electrons. The van der Waals surface area contributed by atoms with E-state index in [9.17, 15) is 0 Å². The monoisotopic (exact) mass is 262 g/mol. The van der Waals surface area contributed by atoms with E-state index in [0.29, 0.717) is 6.61 Å². The second-order valence-corrected chi connectivity index (χ2v) is 5.09. The highest BCUT2D eigenvalue weighted by molar-refractivity contribution is 7.09. The van der Waals surface area contributed by atoms with E-state index in [2.05, 4.69) is 25.2 Å². The molecule has 3 rings (SSSR count). The molecule has 6 heteroatoms. The Balaban J connectivity index is 1.76. The molecule has 0 saturated carbocycles. The fourth-order valence-electron chi connectivity index (χ4n) is 1.98. The van der Waals surface area contributed by atoms with Crippen molar-refractivity contribution in [3.05, 3.63) is 34.7 Å². The maximum atomic E-state index is 5.79. The molecule has 2 aromatic rings. The summed E-state index contributed by atoms with van der Waals surface area (Å²) in [6.45, 7) is 4.33. The molecule has 0 bridgehead atoms. The van der Waals surface area contributed by atoms with Gasteiger partial charge in [-0.3, -0.25) is 4.98 Å². The lowest BCUT2D eigenvalue weighted by Gasteiger charge is -2.32. The third-order valence-electron chi connectivity index (χ3n) is 2.85. The Morgan fingerprint density at radius 1 is 1.44 bits per heavy atom. The zero-order valence-corrected chi connectivity index (χ0v) is 10.9. The minimum absolute atomic E-state index is 0.0412. The Kier molecular flexibility index (Phi) is 3.21. The standard InChI is InChI=1S/C12H14N4OS/c1-9-8-18-12(15-9)10-7-16(4-5-17-10)11-6-13-2-3-14-11/h2-3,6,8,10H,4-5,7H2,1H3. The number of aromatic nitrogens is 3. The summed E-state index contributed by atoms with van der Waals surface area (Å²) < 4.78 is 5.79. The highest BCUT2D eigenvalue weighted by Gasteiger charge is 2.25. The van der Waals surface area contributed by atoms with Crippen molar-refractivity contribution in [3.63, 3.8) is 0 Å². The lowest BCUT2D eigenvalue weighted by atomic mass is 10.3. The SMILES string of the molecule is Cc1csc(C2CN(c3cnccn3)CCO2)n1. The van der Waals surface area contributed by atoms with Gasteiger partial charge in [-0.25, -0.2) is 9.97 Å². The number of ether oxygens (including phenoxy) is 1. The molecule has 5 nitrogen and oxygen atoms in total. The Morgan fingerprint density at radius 3 is 3.11 bits per heavy atom. The number of thiazole rings is 1. The van der Waals surface area contributed by atoms with E-state index in [1.807, 2.05) is 6.92 Å². The van der Waals surface area contributed by atoms with Gasteiger partial charge >= 0.3 is 0 Å². The van der Waals surface area contributed by atoms with E-state index in [1.54, 1.807) is 29.9 Å². The fourth-order valence-corrected chi connectivity index (χ4v) is 2.82. The van der Waals surface area contributed by atoms with E-state index in [-0.39, 0.29) is 6.10 Å². The third kappa shape index (κ3) is 2.34. The van der Waals surface area contributed by atoms with Crippen molar-refractivity contribution in [1.29, 1.82) is 0 Å². The molecule has 18 heavy (non-hydrogen) atoms. The van der Waals surface area contributed by atoms with Gasteiger partial charge in [-0.2, -0.15) is 0 Å². The number of anilines is 1. The molecule has 1 fully saturated rings. The molecule has 2 aromatic heterocycles. The molecule has 0 amide bonds. The molecule has 0 aliphatic carbocycles. The molecular formula is C12H14N4OS. The minimum Gasteiger partial charge on any atom is -0.367 e. The van der Waals surface area contributed by atoms with Gasteiger partial charge in [0, 0.05) is 30.0 Å². The van der Waals surface area contributed by atoms with Crippen molar-refractivity contribution >= 4 is 17.2 Å². The summed E-state index contributed by atoms with van der Waals surface area (Å²) in [5.41, 5.74) is 1.05. The highest BCUT2D eigenvalue weighted by atomic mass is 32.1. The zero-order valence-electron chi connectivity index (χ0n) is 10.1. The molecule has 3 heterocycles. The lowest BCUT2D eigenvalue weighted by molar-refractivity contribution is 0.0393. The van der Waals surface area contributed by atoms with Crippen LogP contribution in [0.15, 0.2) is 24.0 Å². The van der Waals surface area contributed by atoms with Crippen molar-refractivity contribution in [2.24, 2.45) is 0 Å². The van der Waals surface area contributed by atoms with Gasteiger partial charge in [0.25, 0.3) is 0 Å². The predicted molar refractivity (Wildman–Crippen MR) is 69.8 cm³/mol. The maximum absolute atomic E-state index is 5.79. The maximum Gasteiger partial charge on any atom is 0.147 e. The van der Waals surface area contributed by atoms with Crippen molar-refractivity contribution in [1.82, 2.24) is 15.0 Å². The molecule has 0 N–H and O–H groups in total. The normalized spacial score (nSPS) is 20.1. The van der Waals surface area contributed by atoms with Crippen LogP contribution >= 0.6 is 11.3 Å². The van der Waals surface area contributed by atoms with Crippen LogP contribution in [0.4, 0.5) is 5.82 Å². The van der Waals surface area contributed by atoms with Crippen LogP contribution in [0.25, 0.3) is 0 Å². The van der Waals surface area contributed by atoms with Crippen molar-refractivity contribution < 1.29 is 4.74 Å². The van der Waals surface area contributed by atoms with Crippen molar-refractivity contribution in [3.8, 4) is 0 Å². The summed E-state index contributed by atoms with van der Waals surface area (Å²) in [5, 5.41) is 3.10. The van der Waals surface area contributed by atoms with Crippen LogP contribution in [0.1, 0.15) is 16.8 Å². The van der Waals surface area contributed by atoms with Crippen molar-refractivity contribution in [2.75, 3.05) is 24.6 Å². The molecule has 1 atom stereocenters. The number of rotatable bonds is 2. The van der Waals surface area contributed by atoms with E-state index in [1.165, 1.54) is 0 Å². The van der Waals surface area contributed by atoms with Crippen molar-refractivity contribution in [2.45, 2.75) is 13.0 Å². The summed E-state index contributed by atoms with van der Waals surface area (Å²) in [6, 6.07) is 0. The molecule has 0 aromatic carbocycles. The number of nitrogens with zero attached hydrogens (tertiary/aromatic N) is 4. The number of hydrogen-bond donors (Lipinski definition) is 0. The quantitative estimate of drug-likeness (QED) is 0.826. The summed E-state index contributed by atoms with van der Waals surface area (Å²) >= 11 is 1.65. The average molecular weight is 262 g/mol. The van der Waals surface area contributed by atoms with Crippen LogP contribution in [-0.4, -0.2) is 34.6 Å². The van der Waals surface area contributed by atoms with Crippen LogP contribution in [-0.2, 0) is 4.74 Å². The van der Waals surface area contributed by atoms with Gasteiger partial charge in [-0.1, -0.05) is 0 Å². The minimum atomic E-state index is 0.0412. The van der Waals surface area contributed by atoms with Crippen LogP contribution < -0.4 is 4.90 Å². The van der Waals surface area contributed by atoms with E-state index >= 15 is 0 Å². The smallest absolute Gasteiger partial charge is 0.147 e. The van der Waals surface area contributed by atoms with E-state index < -0.39 is 0 Å². The highest BCUT2D eigenvalue weighted by Crippen LogP contribution is 2.26. The molecule has 1 aliphatic heterocycles. The fraction of sp³-hybridized carbons (Fsp3) is 0.417. The third-order valence-corrected chi connectivity index (χ3v) is 3.91. The molecule has 1 saturated heterocycles. The lowest BCUT2D eigenvalue weighted by Crippen LogP contribution is -2.38. The molecule has 0 spiro atoms. The molecular weight excluding hydrogens is 248 g/mol. The second kappa shape index (κ2) is 4.99. The Bertz CT molecular complexity index is 516. The Labute approximate surface area is 109 Å². The summed E-state index contributed by atoms with van der Waals surface area (Å²) in [5.74, 6) is 0.902. The Morgan fingerprint density at radius 2 is 2.39 bits per heavy atom. The first kappa shape index (κ1) is 11.6. The summed E-state index contributed by atoms with van der Waals surface area (Å²) in [4.78, 5) is 15.1. The van der Waals surface area contributed by atoms with Crippen LogP contribution in [0.2, 0.25) is 0 Å². The second-order valence-electron chi connectivity index (χ2n) is 4.20. The number of morpholine rings is 1. The topological polar surface area (TPSA) is 51.1 Å². The first-order chi connectivity index (χ1) is 8.83. The predicted octanol–water partition coefficient (Wildman–Crippen LogP) is 1.82. The van der Waals surface area contributed by atoms with Crippen LogP contribution in [0, 0.1) is 6.92 Å². The Hall–Kier alpha value is -1.53. The molecule has 1 unspecified atom stereocenters. The summed E-state index contributed by atoms with van der Waals surface area (Å²) in [7, 11) is 0. The van der Waals surface area contributed by atoms with Gasteiger partial charge in [0.05, 0.1) is 19.3 Å². The van der Waals surface area contributed by atoms with Gasteiger partial charge in [0.15, 0.2) is 0 Å². The largest absolute Gasteiger partial charge is 0.367 e. The molecule has 0 radical (unpaired) electrons. The van der Waals surface area contributed by atoms with Crippen LogP contribution in [0.3, 0.4) is 0 Å². The van der Waals surface area contributed by atoms with Gasteiger partial charge in [-0.15, -0.1) is 11.3 Å².